The van der Waals surface area contributed by atoms with Gasteiger partial charge in [-0.15, -0.1) is 0 Å². The number of hydrogen-bond acceptors (Lipinski definition) is 12. The van der Waals surface area contributed by atoms with Crippen molar-refractivity contribution in [2.45, 2.75) is 33.9 Å². The number of benzene rings is 4. The molecule has 4 atom stereocenters. The van der Waals surface area contributed by atoms with E-state index in [0.29, 0.717) is 24.3 Å². The fourth-order valence-electron chi connectivity index (χ4n) is 7.71. The van der Waals surface area contributed by atoms with Crippen LogP contribution in [0.25, 0.3) is 11.1 Å². The molecule has 294 valence electrons. The van der Waals surface area contributed by atoms with Crippen molar-refractivity contribution in [3.8, 4) is 11.1 Å². The molecule has 0 aliphatic heterocycles. The number of hydrazone groups is 2. The lowest BCUT2D eigenvalue weighted by molar-refractivity contribution is -0.139. The van der Waals surface area contributed by atoms with Gasteiger partial charge in [-0.3, -0.25) is 19.9 Å². The average Bonchev–Trinajstić information content (AvgIpc) is 3.11. The summed E-state index contributed by atoms with van der Waals surface area (Å²) in [6, 6.07) is 8.36. The third-order valence-corrected chi connectivity index (χ3v) is 13.1. The Morgan fingerprint density at radius 2 is 0.893 bits per heavy atom. The minimum atomic E-state index is -5.77. The lowest BCUT2D eigenvalue weighted by atomic mass is 9.71. The highest BCUT2D eigenvalue weighted by Crippen LogP contribution is 2.52. The summed E-state index contributed by atoms with van der Waals surface area (Å²) in [5.74, 6) is 10.8. The summed E-state index contributed by atoms with van der Waals surface area (Å²) in [5, 5.41) is 23.6. The Balaban J connectivity index is 1.68. The molecule has 0 bridgehead atoms. The SMILES string of the molecule is N=C1/C(=N\N)C(N)C(c2ccc(-c3ccc(C4(S(=O)(=O)O)c5ccccc5C(=N)/C(=N\N)C4N)c(C(F)(F)F)c3)cc2C(F)(F)F)(S(=O)(=O)O)c2ccccc21. The van der Waals surface area contributed by atoms with E-state index in [2.05, 4.69) is 10.2 Å². The van der Waals surface area contributed by atoms with Crippen LogP contribution in [0.2, 0.25) is 0 Å². The Morgan fingerprint density at radius 1 is 0.571 bits per heavy atom. The first-order valence-corrected chi connectivity index (χ1v) is 18.6. The minimum Gasteiger partial charge on any atom is -0.323 e. The van der Waals surface area contributed by atoms with E-state index in [1.54, 1.807) is 0 Å². The Labute approximate surface area is 313 Å². The van der Waals surface area contributed by atoms with Gasteiger partial charge < -0.3 is 23.2 Å². The lowest BCUT2D eigenvalue weighted by Gasteiger charge is -2.43. The molecule has 0 aromatic heterocycles. The molecule has 0 fully saturated rings. The normalized spacial score (nSPS) is 24.6. The van der Waals surface area contributed by atoms with E-state index in [1.165, 1.54) is 24.3 Å². The second-order valence-corrected chi connectivity index (χ2v) is 16.0. The van der Waals surface area contributed by atoms with Crippen LogP contribution in [-0.4, -0.2) is 60.9 Å². The van der Waals surface area contributed by atoms with E-state index in [4.69, 9.17) is 34.0 Å². The molecule has 2 aliphatic rings. The van der Waals surface area contributed by atoms with E-state index in [-0.39, 0.29) is 11.1 Å². The quantitative estimate of drug-likeness (QED) is 0.0625. The van der Waals surface area contributed by atoms with Gasteiger partial charge in [-0.25, -0.2) is 0 Å². The number of halogens is 6. The third-order valence-electron chi connectivity index (χ3n) is 10.0. The molecule has 0 amide bonds. The van der Waals surface area contributed by atoms with Crippen molar-refractivity contribution in [2.24, 2.45) is 33.4 Å². The van der Waals surface area contributed by atoms with E-state index in [0.717, 1.165) is 36.4 Å². The predicted molar refractivity (Wildman–Crippen MR) is 192 cm³/mol. The van der Waals surface area contributed by atoms with E-state index < -0.39 is 122 Å². The Morgan fingerprint density at radius 3 is 1.18 bits per heavy atom. The first-order chi connectivity index (χ1) is 25.9. The fourth-order valence-corrected chi connectivity index (χ4v) is 10.4. The summed E-state index contributed by atoms with van der Waals surface area (Å²) in [7, 11) is -11.5. The van der Waals surface area contributed by atoms with Gasteiger partial charge in [0.2, 0.25) is 0 Å². The molecule has 2 aliphatic carbocycles. The van der Waals surface area contributed by atoms with Gasteiger partial charge in [0, 0.05) is 11.1 Å². The molecule has 12 N–H and O–H groups in total. The highest BCUT2D eigenvalue weighted by atomic mass is 32.2. The number of nitrogens with zero attached hydrogens (tertiary/aromatic N) is 2. The van der Waals surface area contributed by atoms with Crippen molar-refractivity contribution in [3.63, 3.8) is 0 Å². The highest BCUT2D eigenvalue weighted by Gasteiger charge is 2.62. The topological polar surface area (TPSA) is 285 Å². The van der Waals surface area contributed by atoms with Crippen LogP contribution in [0.5, 0.6) is 0 Å². The molecule has 0 radical (unpaired) electrons. The monoisotopic (exact) mass is 822 g/mol. The fraction of sp³-hybridized carbons (Fsp3) is 0.176. The molecule has 4 unspecified atom stereocenters. The number of nitrogens with two attached hydrogens (primary N) is 4. The maximum absolute atomic E-state index is 15.1. The van der Waals surface area contributed by atoms with Gasteiger partial charge in [0.25, 0.3) is 20.2 Å². The smallest absolute Gasteiger partial charge is 0.323 e. The maximum atomic E-state index is 15.1. The summed E-state index contributed by atoms with van der Waals surface area (Å²) in [5.41, 5.74) is 1.06. The van der Waals surface area contributed by atoms with E-state index in [9.17, 15) is 25.9 Å². The van der Waals surface area contributed by atoms with Crippen LogP contribution in [0.1, 0.15) is 44.5 Å². The molecule has 22 heteroatoms. The number of fused-ring (bicyclic) bond motifs is 2. The summed E-state index contributed by atoms with van der Waals surface area (Å²) in [6.07, 6.45) is -11.0. The zero-order valence-electron chi connectivity index (χ0n) is 28.1. The molecule has 0 spiro atoms. The van der Waals surface area contributed by atoms with Crippen LogP contribution in [0, 0.1) is 10.8 Å². The summed E-state index contributed by atoms with van der Waals surface area (Å²) in [4.78, 5) is 0. The zero-order chi connectivity index (χ0) is 41.6. The van der Waals surface area contributed by atoms with E-state index >= 15 is 26.3 Å². The third kappa shape index (κ3) is 5.54. The van der Waals surface area contributed by atoms with Gasteiger partial charge in [0.05, 0.1) is 34.6 Å². The molecule has 0 heterocycles. The van der Waals surface area contributed by atoms with Crippen LogP contribution >= 0.6 is 0 Å². The average molecular weight is 823 g/mol. The molecule has 0 saturated carbocycles. The molecular formula is C34H28F6N8O6S2. The first-order valence-electron chi connectivity index (χ1n) is 15.7. The van der Waals surface area contributed by atoms with Gasteiger partial charge in [0.1, 0.15) is 11.4 Å². The van der Waals surface area contributed by atoms with Gasteiger partial charge in [0.15, 0.2) is 9.49 Å². The summed E-state index contributed by atoms with van der Waals surface area (Å²) < 4.78 is 160. The van der Waals surface area contributed by atoms with Crippen molar-refractivity contribution in [1.29, 1.82) is 10.8 Å². The second kappa shape index (κ2) is 13.0. The van der Waals surface area contributed by atoms with Crippen LogP contribution in [0.3, 0.4) is 0 Å². The lowest BCUT2D eigenvalue weighted by Crippen LogP contribution is -2.61. The number of rotatable bonds is 5. The Bertz CT molecular complexity index is 2470. The molecule has 4 aromatic rings. The Hall–Kier alpha value is -5.52. The molecular weight excluding hydrogens is 795 g/mol. The largest absolute Gasteiger partial charge is 0.416 e. The van der Waals surface area contributed by atoms with Gasteiger partial charge >= 0.3 is 12.4 Å². The van der Waals surface area contributed by atoms with Crippen molar-refractivity contribution in [2.75, 3.05) is 0 Å². The highest BCUT2D eigenvalue weighted by molar-refractivity contribution is 7.87. The molecule has 6 rings (SSSR count). The number of hydrogen-bond donors (Lipinski definition) is 8. The second-order valence-electron chi connectivity index (χ2n) is 12.8. The Kier molecular flexibility index (Phi) is 9.34. The molecule has 4 aromatic carbocycles. The van der Waals surface area contributed by atoms with Crippen LogP contribution in [-0.2, 0) is 42.1 Å². The van der Waals surface area contributed by atoms with Crippen molar-refractivity contribution in [3.05, 3.63) is 129 Å². The van der Waals surface area contributed by atoms with Crippen LogP contribution in [0.4, 0.5) is 26.3 Å². The van der Waals surface area contributed by atoms with Gasteiger partial charge in [-0.2, -0.15) is 53.4 Å². The van der Waals surface area contributed by atoms with Gasteiger partial charge in [-0.05, 0) is 45.5 Å². The standard InChI is InChI=1S/C34H28F6N8O6S2/c35-33(36,37)23-13-15(9-11-21(23)31(55(49,50)51)19-7-3-1-5-17(19)25(41)27(47-45)29(31)43)16-10-12-22(24(14-16)34(38,39)40)32(56(52,53)54)20-8-4-2-6-18(20)26(42)28(48-46)30(32)44/h1-14,29-30,41-42H,43-46H2,(H,49,50,51)(H,52,53,54)/b41-25?,42-26?,47-27+,48-28+. The maximum Gasteiger partial charge on any atom is 0.416 e. The number of nitrogens with one attached hydrogen (secondary N) is 2. The van der Waals surface area contributed by atoms with Crippen molar-refractivity contribution < 1.29 is 52.3 Å². The number of alkyl halides is 6. The first kappa shape index (κ1) is 40.2. The van der Waals surface area contributed by atoms with Gasteiger partial charge in [-0.1, -0.05) is 72.8 Å². The predicted octanol–water partition coefficient (Wildman–Crippen LogP) is 3.70. The minimum absolute atomic E-state index is 0.298. The van der Waals surface area contributed by atoms with E-state index in [1.807, 2.05) is 0 Å². The zero-order valence-corrected chi connectivity index (χ0v) is 29.7. The van der Waals surface area contributed by atoms with Crippen molar-refractivity contribution in [1.82, 2.24) is 0 Å². The van der Waals surface area contributed by atoms with Crippen LogP contribution < -0.4 is 23.2 Å². The molecule has 14 nitrogen and oxygen atoms in total. The van der Waals surface area contributed by atoms with Crippen LogP contribution in [0.15, 0.2) is 95.1 Å². The molecule has 0 saturated heterocycles. The van der Waals surface area contributed by atoms with Crippen molar-refractivity contribution >= 4 is 43.1 Å². The summed E-state index contributed by atoms with van der Waals surface area (Å²) in [6.45, 7) is 0. The molecule has 56 heavy (non-hydrogen) atoms. The summed E-state index contributed by atoms with van der Waals surface area (Å²) >= 11 is 0.